The third-order valence-electron chi connectivity index (χ3n) is 3.48. The van der Waals surface area contributed by atoms with E-state index >= 15 is 0 Å². The minimum atomic E-state index is -0.700. The molecule has 0 spiro atoms. The van der Waals surface area contributed by atoms with E-state index in [-0.39, 0.29) is 6.42 Å². The Morgan fingerprint density at radius 1 is 1.47 bits per heavy atom. The second kappa shape index (κ2) is 5.86. The molecule has 1 saturated heterocycles. The lowest BCUT2D eigenvalue weighted by Crippen LogP contribution is -2.35. The molecule has 2 N–H and O–H groups in total. The van der Waals surface area contributed by atoms with Crippen molar-refractivity contribution < 1.29 is 9.90 Å². The summed E-state index contributed by atoms with van der Waals surface area (Å²) >= 11 is 0. The van der Waals surface area contributed by atoms with Crippen molar-refractivity contribution >= 4 is 17.6 Å². The van der Waals surface area contributed by atoms with E-state index in [0.29, 0.717) is 5.92 Å². The van der Waals surface area contributed by atoms with Crippen molar-refractivity contribution in [2.45, 2.75) is 26.2 Å². The average Bonchev–Trinajstić information content (AvgIpc) is 2.38. The van der Waals surface area contributed by atoms with Crippen LogP contribution in [0.1, 0.15) is 25.1 Å². The number of hydrogen-bond acceptors (Lipinski definition) is 5. The van der Waals surface area contributed by atoms with E-state index < -0.39 is 5.97 Å². The molecule has 0 saturated carbocycles. The zero-order valence-corrected chi connectivity index (χ0v) is 11.4. The molecule has 0 atom stereocenters. The van der Waals surface area contributed by atoms with Gasteiger partial charge in [-0.2, -0.15) is 0 Å². The average molecular weight is 264 g/mol. The summed E-state index contributed by atoms with van der Waals surface area (Å²) in [4.78, 5) is 21.6. The van der Waals surface area contributed by atoms with Crippen LogP contribution in [-0.4, -0.2) is 41.2 Å². The number of rotatable bonds is 4. The largest absolute Gasteiger partial charge is 0.481 e. The van der Waals surface area contributed by atoms with Gasteiger partial charge in [-0.3, -0.25) is 4.79 Å². The molecule has 1 aromatic rings. The molecule has 0 amide bonds. The summed E-state index contributed by atoms with van der Waals surface area (Å²) in [6.45, 7) is 3.59. The topological polar surface area (TPSA) is 78.4 Å². The standard InChI is InChI=1S/C13H20N4O2/c1-9-15-11(14-2)8-12(16-9)17-5-3-10(4-6-17)7-13(18)19/h8,10H,3-7H2,1-2H3,(H,18,19)(H,14,15,16). The van der Waals surface area contributed by atoms with Crippen molar-refractivity contribution in [3.8, 4) is 0 Å². The SMILES string of the molecule is CNc1cc(N2CCC(CC(=O)O)CC2)nc(C)n1. The molecular formula is C13H20N4O2. The predicted molar refractivity (Wildman–Crippen MR) is 73.5 cm³/mol. The smallest absolute Gasteiger partial charge is 0.303 e. The summed E-state index contributed by atoms with van der Waals surface area (Å²) in [6.07, 6.45) is 2.09. The van der Waals surface area contributed by atoms with Crippen LogP contribution in [0.5, 0.6) is 0 Å². The maximum Gasteiger partial charge on any atom is 0.303 e. The van der Waals surface area contributed by atoms with Crippen molar-refractivity contribution in [3.63, 3.8) is 0 Å². The van der Waals surface area contributed by atoms with Crippen molar-refractivity contribution in [1.82, 2.24) is 9.97 Å². The minimum absolute atomic E-state index is 0.276. The van der Waals surface area contributed by atoms with Crippen LogP contribution in [0.2, 0.25) is 0 Å². The third kappa shape index (κ3) is 3.56. The summed E-state index contributed by atoms with van der Waals surface area (Å²) in [5.41, 5.74) is 0. The van der Waals surface area contributed by atoms with Crippen LogP contribution in [0, 0.1) is 12.8 Å². The highest BCUT2D eigenvalue weighted by Gasteiger charge is 2.22. The van der Waals surface area contributed by atoms with Gasteiger partial charge in [0.2, 0.25) is 0 Å². The maximum atomic E-state index is 10.7. The zero-order chi connectivity index (χ0) is 13.8. The normalized spacial score (nSPS) is 16.4. The van der Waals surface area contributed by atoms with Gasteiger partial charge in [-0.25, -0.2) is 9.97 Å². The second-order valence-electron chi connectivity index (χ2n) is 4.94. The van der Waals surface area contributed by atoms with Crippen molar-refractivity contribution in [3.05, 3.63) is 11.9 Å². The summed E-state index contributed by atoms with van der Waals surface area (Å²) < 4.78 is 0. The fraction of sp³-hybridized carbons (Fsp3) is 0.615. The van der Waals surface area contributed by atoms with Crippen molar-refractivity contribution in [2.75, 3.05) is 30.4 Å². The Hall–Kier alpha value is -1.85. The molecule has 0 unspecified atom stereocenters. The first-order chi connectivity index (χ1) is 9.08. The Morgan fingerprint density at radius 3 is 2.74 bits per heavy atom. The van der Waals surface area contributed by atoms with Gasteiger partial charge in [0.15, 0.2) is 0 Å². The molecule has 1 aliphatic heterocycles. The Morgan fingerprint density at radius 2 is 2.16 bits per heavy atom. The molecule has 0 radical (unpaired) electrons. The van der Waals surface area contributed by atoms with Gasteiger partial charge in [-0.15, -0.1) is 0 Å². The lowest BCUT2D eigenvalue weighted by molar-refractivity contribution is -0.138. The van der Waals surface area contributed by atoms with Crippen molar-refractivity contribution in [2.24, 2.45) is 5.92 Å². The first kappa shape index (κ1) is 13.6. The fourth-order valence-corrected chi connectivity index (χ4v) is 2.46. The van der Waals surface area contributed by atoms with Gasteiger partial charge >= 0.3 is 5.97 Å². The molecule has 1 aromatic heterocycles. The van der Waals surface area contributed by atoms with Gasteiger partial charge in [-0.05, 0) is 25.7 Å². The Balaban J connectivity index is 2.01. The molecule has 1 aliphatic rings. The number of nitrogens with zero attached hydrogens (tertiary/aromatic N) is 3. The van der Waals surface area contributed by atoms with E-state index in [4.69, 9.17) is 5.11 Å². The molecule has 6 heteroatoms. The van der Waals surface area contributed by atoms with Gasteiger partial charge in [0, 0.05) is 32.6 Å². The van der Waals surface area contributed by atoms with Crippen LogP contribution < -0.4 is 10.2 Å². The van der Waals surface area contributed by atoms with Gasteiger partial charge in [0.1, 0.15) is 17.5 Å². The number of aryl methyl sites for hydroxylation is 1. The van der Waals surface area contributed by atoms with E-state index in [9.17, 15) is 4.79 Å². The molecule has 0 aliphatic carbocycles. The summed E-state index contributed by atoms with van der Waals surface area (Å²) in [6, 6.07) is 1.94. The molecule has 6 nitrogen and oxygen atoms in total. The number of nitrogens with one attached hydrogen (secondary N) is 1. The highest BCUT2D eigenvalue weighted by molar-refractivity contribution is 5.67. The number of carbonyl (C=O) groups is 1. The predicted octanol–water partition coefficient (Wildman–Crippen LogP) is 1.52. The zero-order valence-electron chi connectivity index (χ0n) is 11.4. The van der Waals surface area contributed by atoms with Gasteiger partial charge in [0.05, 0.1) is 0 Å². The molecule has 1 fully saturated rings. The number of aliphatic carboxylic acids is 1. The van der Waals surface area contributed by atoms with Crippen LogP contribution >= 0.6 is 0 Å². The van der Waals surface area contributed by atoms with Gasteiger partial charge in [0.25, 0.3) is 0 Å². The molecule has 2 heterocycles. The first-order valence-corrected chi connectivity index (χ1v) is 6.58. The summed E-state index contributed by atoms with van der Waals surface area (Å²) in [5.74, 6) is 2.07. The Bertz CT molecular complexity index is 456. The summed E-state index contributed by atoms with van der Waals surface area (Å²) in [7, 11) is 1.84. The number of hydrogen-bond donors (Lipinski definition) is 2. The lowest BCUT2D eigenvalue weighted by atomic mass is 9.94. The number of anilines is 2. The Labute approximate surface area is 112 Å². The Kier molecular flexibility index (Phi) is 4.19. The number of aromatic nitrogens is 2. The molecule has 0 bridgehead atoms. The van der Waals surface area contributed by atoms with Crippen LogP contribution in [0.15, 0.2) is 6.07 Å². The van der Waals surface area contributed by atoms with Crippen LogP contribution in [-0.2, 0) is 4.79 Å². The van der Waals surface area contributed by atoms with Gasteiger partial charge in [-0.1, -0.05) is 0 Å². The monoisotopic (exact) mass is 264 g/mol. The molecular weight excluding hydrogens is 244 g/mol. The van der Waals surface area contributed by atoms with E-state index in [1.807, 2.05) is 20.0 Å². The number of carboxylic acid groups (broad SMARTS) is 1. The van der Waals surface area contributed by atoms with E-state index in [0.717, 1.165) is 43.4 Å². The van der Waals surface area contributed by atoms with Crippen molar-refractivity contribution in [1.29, 1.82) is 0 Å². The quantitative estimate of drug-likeness (QED) is 0.858. The molecule has 0 aromatic carbocycles. The van der Waals surface area contributed by atoms with Gasteiger partial charge < -0.3 is 15.3 Å². The second-order valence-corrected chi connectivity index (χ2v) is 4.94. The third-order valence-corrected chi connectivity index (χ3v) is 3.48. The maximum absolute atomic E-state index is 10.7. The first-order valence-electron chi connectivity index (χ1n) is 6.58. The fourth-order valence-electron chi connectivity index (χ4n) is 2.46. The highest BCUT2D eigenvalue weighted by atomic mass is 16.4. The van der Waals surface area contributed by atoms with Crippen LogP contribution in [0.4, 0.5) is 11.6 Å². The number of piperidine rings is 1. The minimum Gasteiger partial charge on any atom is -0.481 e. The van der Waals surface area contributed by atoms with Crippen LogP contribution in [0.3, 0.4) is 0 Å². The highest BCUT2D eigenvalue weighted by Crippen LogP contribution is 2.25. The van der Waals surface area contributed by atoms with E-state index in [2.05, 4.69) is 20.2 Å². The molecule has 19 heavy (non-hydrogen) atoms. The summed E-state index contributed by atoms with van der Waals surface area (Å²) in [5, 5.41) is 11.8. The molecule has 2 rings (SSSR count). The van der Waals surface area contributed by atoms with Crippen LogP contribution in [0.25, 0.3) is 0 Å². The van der Waals surface area contributed by atoms with E-state index in [1.165, 1.54) is 0 Å². The molecule has 104 valence electrons. The lowest BCUT2D eigenvalue weighted by Gasteiger charge is -2.32. The van der Waals surface area contributed by atoms with E-state index in [1.54, 1.807) is 0 Å². The number of carboxylic acids is 1.